The van der Waals surface area contributed by atoms with Crippen LogP contribution in [0.2, 0.25) is 0 Å². The van der Waals surface area contributed by atoms with E-state index in [0.717, 1.165) is 113 Å². The number of carbonyl (C=O) groups is 6. The maximum Gasteiger partial charge on any atom is 0.549 e. The molecule has 62 heavy (non-hydrogen) atoms. The van der Waals surface area contributed by atoms with E-state index in [0.29, 0.717) is 0 Å². The number of benzene rings is 3. The molecule has 15 nitrogen and oxygen atoms in total. The predicted octanol–water partition coefficient (Wildman–Crippen LogP) is 11.1. The summed E-state index contributed by atoms with van der Waals surface area (Å²) in [6.45, 7) is 5.78. The van der Waals surface area contributed by atoms with Crippen molar-refractivity contribution in [2.45, 2.75) is 124 Å². The fraction of sp³-hybridized carbons (Fsp3) is 0.489. The van der Waals surface area contributed by atoms with Crippen LogP contribution in [0, 0.1) is 5.41 Å². The molecular weight excluding hydrogens is 805 g/mol. The van der Waals surface area contributed by atoms with Crippen LogP contribution in [-0.2, 0) is 62.8 Å². The average molecular weight is 865 g/mol. The molecule has 0 amide bonds. The van der Waals surface area contributed by atoms with Gasteiger partial charge < -0.3 is 14.2 Å². The maximum atomic E-state index is 12.5. The average Bonchev–Trinajstić information content (AvgIpc) is 3.29. The van der Waals surface area contributed by atoms with E-state index in [4.69, 9.17) is 14.2 Å². The van der Waals surface area contributed by atoms with Crippen LogP contribution in [0.4, 0.5) is 14.4 Å². The first-order chi connectivity index (χ1) is 29.9. The van der Waals surface area contributed by atoms with Crippen LogP contribution >= 0.6 is 0 Å². The van der Waals surface area contributed by atoms with Gasteiger partial charge in [0.15, 0.2) is 0 Å². The molecule has 0 spiro atoms. The third-order valence-electron chi connectivity index (χ3n) is 9.70. The molecule has 3 aromatic carbocycles. The Balaban J connectivity index is 1.53. The standard InChI is InChI=1S/C47H60O15/c1-5-8-11-14-17-35-20-26-38(27-21-35)41(48)57-60-44(51)54-32-47(4,33-55-45(52)61-58-42(49)39-28-22-36(23-29-39)18-15-12-9-6-2)34-56-46(53)62-59-43(50)40-30-24-37(25-31-40)19-16-13-10-7-3/h20-31H,5-19,32-34H2,1-4H3. The Bertz CT molecular complexity index is 1610. The molecular formula is C47H60O15. The van der Waals surface area contributed by atoms with Crippen LogP contribution in [0.5, 0.6) is 0 Å². The molecule has 0 atom stereocenters. The lowest BCUT2D eigenvalue weighted by atomic mass is 9.94. The Hall–Kier alpha value is -6.12. The number of carbonyl (C=O) groups excluding carboxylic acids is 6. The quantitative estimate of drug-likeness (QED) is 0.0272. The van der Waals surface area contributed by atoms with Crippen molar-refractivity contribution in [1.82, 2.24) is 0 Å². The molecule has 15 heteroatoms. The highest BCUT2D eigenvalue weighted by atomic mass is 17.2. The minimum absolute atomic E-state index is 0.129. The second kappa shape index (κ2) is 28.4. The Morgan fingerprint density at radius 1 is 0.371 bits per heavy atom. The van der Waals surface area contributed by atoms with Gasteiger partial charge in [-0.25, -0.2) is 43.7 Å². The summed E-state index contributed by atoms with van der Waals surface area (Å²) in [5.41, 5.74) is 1.97. The van der Waals surface area contributed by atoms with Gasteiger partial charge in [-0.2, -0.15) is 14.4 Å². The number of rotatable bonds is 24. The van der Waals surface area contributed by atoms with Crippen LogP contribution in [0.25, 0.3) is 0 Å². The highest BCUT2D eigenvalue weighted by molar-refractivity contribution is 5.90. The lowest BCUT2D eigenvalue weighted by Gasteiger charge is -2.26. The first-order valence-electron chi connectivity index (χ1n) is 21.4. The maximum absolute atomic E-state index is 12.5. The summed E-state index contributed by atoms with van der Waals surface area (Å²) in [6.07, 6.45) is 11.4. The SMILES string of the molecule is CCCCCCc1ccc(C(=O)OOC(=O)OCC(C)(COC(=O)OOC(=O)c2ccc(CCCCCC)cc2)COC(=O)OOC(=O)c2ccc(CCCCCC)cc2)cc1. The molecule has 0 aromatic heterocycles. The molecule has 338 valence electrons. The minimum atomic E-state index is -1.55. The fourth-order valence-electron chi connectivity index (χ4n) is 5.95. The van der Waals surface area contributed by atoms with Gasteiger partial charge in [0, 0.05) is 0 Å². The smallest absolute Gasteiger partial charge is 0.431 e. The Kier molecular flexibility index (Phi) is 23.0. The van der Waals surface area contributed by atoms with Crippen LogP contribution in [0.1, 0.15) is 153 Å². The summed E-state index contributed by atoms with van der Waals surface area (Å²) in [5, 5.41) is 0. The lowest BCUT2D eigenvalue weighted by molar-refractivity contribution is -0.216. The van der Waals surface area contributed by atoms with Gasteiger partial charge in [-0.1, -0.05) is 115 Å². The molecule has 0 aliphatic rings. The van der Waals surface area contributed by atoms with Gasteiger partial charge in [0.1, 0.15) is 19.8 Å². The van der Waals surface area contributed by atoms with Crippen molar-refractivity contribution in [3.63, 3.8) is 0 Å². The molecule has 0 fully saturated rings. The van der Waals surface area contributed by atoms with Crippen molar-refractivity contribution in [3.8, 4) is 0 Å². The van der Waals surface area contributed by atoms with E-state index < -0.39 is 61.6 Å². The van der Waals surface area contributed by atoms with Gasteiger partial charge in [-0.3, -0.25) is 0 Å². The van der Waals surface area contributed by atoms with E-state index in [1.54, 1.807) is 72.8 Å². The van der Waals surface area contributed by atoms with Crippen LogP contribution in [0.15, 0.2) is 72.8 Å². The Morgan fingerprint density at radius 2 is 0.629 bits per heavy atom. The molecule has 3 aromatic rings. The molecule has 0 radical (unpaired) electrons. The zero-order valence-electron chi connectivity index (χ0n) is 36.3. The second-order valence-corrected chi connectivity index (χ2v) is 15.3. The zero-order valence-corrected chi connectivity index (χ0v) is 36.3. The second-order valence-electron chi connectivity index (χ2n) is 15.3. The summed E-state index contributed by atoms with van der Waals surface area (Å²) in [5.74, 6) is -2.87. The van der Waals surface area contributed by atoms with Gasteiger partial charge in [0.2, 0.25) is 0 Å². The highest BCUT2D eigenvalue weighted by Crippen LogP contribution is 2.21. The van der Waals surface area contributed by atoms with E-state index in [2.05, 4.69) is 50.1 Å². The molecule has 0 N–H and O–H groups in total. The van der Waals surface area contributed by atoms with Crippen LogP contribution in [-0.4, -0.2) is 56.2 Å². The van der Waals surface area contributed by atoms with Crippen molar-refractivity contribution in [3.05, 3.63) is 106 Å². The van der Waals surface area contributed by atoms with Crippen molar-refractivity contribution < 1.29 is 72.3 Å². The summed E-state index contributed by atoms with van der Waals surface area (Å²) < 4.78 is 15.2. The summed E-state index contributed by atoms with van der Waals surface area (Å²) in [6, 6.07) is 20.0. The summed E-state index contributed by atoms with van der Waals surface area (Å²) in [4.78, 5) is 102. The number of aryl methyl sites for hydroxylation is 3. The third kappa shape index (κ3) is 20.0. The molecule has 0 aliphatic heterocycles. The molecule has 0 heterocycles. The van der Waals surface area contributed by atoms with Crippen molar-refractivity contribution >= 4 is 36.4 Å². The molecule has 0 bridgehead atoms. The molecule has 0 unspecified atom stereocenters. The summed E-state index contributed by atoms with van der Waals surface area (Å²) >= 11 is 0. The van der Waals surface area contributed by atoms with Crippen molar-refractivity contribution in [2.75, 3.05) is 19.8 Å². The van der Waals surface area contributed by atoms with E-state index in [-0.39, 0.29) is 16.7 Å². The first kappa shape index (κ1) is 50.2. The van der Waals surface area contributed by atoms with E-state index in [9.17, 15) is 28.8 Å². The predicted molar refractivity (Wildman–Crippen MR) is 225 cm³/mol. The van der Waals surface area contributed by atoms with Crippen molar-refractivity contribution in [2.24, 2.45) is 5.41 Å². The van der Waals surface area contributed by atoms with E-state index >= 15 is 0 Å². The third-order valence-corrected chi connectivity index (χ3v) is 9.70. The molecule has 0 saturated heterocycles. The highest BCUT2D eigenvalue weighted by Gasteiger charge is 2.33. The lowest BCUT2D eigenvalue weighted by Crippen LogP contribution is -2.37. The molecule has 0 saturated carbocycles. The number of hydrogen-bond donors (Lipinski definition) is 0. The van der Waals surface area contributed by atoms with E-state index in [1.165, 1.54) is 6.92 Å². The monoisotopic (exact) mass is 864 g/mol. The van der Waals surface area contributed by atoms with E-state index in [1.807, 2.05) is 0 Å². The zero-order chi connectivity index (χ0) is 45.0. The first-order valence-corrected chi connectivity index (χ1v) is 21.4. The topological polar surface area (TPSA) is 185 Å². The Labute approximate surface area is 363 Å². The normalized spacial score (nSPS) is 10.8. The number of unbranched alkanes of at least 4 members (excludes halogenated alkanes) is 9. The van der Waals surface area contributed by atoms with Gasteiger partial charge >= 0.3 is 36.4 Å². The van der Waals surface area contributed by atoms with Crippen molar-refractivity contribution in [1.29, 1.82) is 0 Å². The Morgan fingerprint density at radius 3 is 0.871 bits per heavy atom. The summed E-state index contributed by atoms with van der Waals surface area (Å²) in [7, 11) is 0. The van der Waals surface area contributed by atoms with Gasteiger partial charge in [-0.15, -0.1) is 0 Å². The molecule has 0 aliphatic carbocycles. The van der Waals surface area contributed by atoms with Gasteiger partial charge in [-0.05, 0) is 98.5 Å². The number of hydrogen-bond acceptors (Lipinski definition) is 15. The minimum Gasteiger partial charge on any atom is -0.431 e. The van der Waals surface area contributed by atoms with Crippen LogP contribution < -0.4 is 0 Å². The van der Waals surface area contributed by atoms with Crippen LogP contribution in [0.3, 0.4) is 0 Å². The van der Waals surface area contributed by atoms with Gasteiger partial charge in [0.05, 0.1) is 22.1 Å². The van der Waals surface area contributed by atoms with Gasteiger partial charge in [0.25, 0.3) is 0 Å². The molecule has 3 rings (SSSR count). The number of ether oxygens (including phenoxy) is 3. The fourth-order valence-corrected chi connectivity index (χ4v) is 5.95. The largest absolute Gasteiger partial charge is 0.549 e.